The van der Waals surface area contributed by atoms with E-state index in [1.807, 2.05) is 0 Å². The lowest BCUT2D eigenvalue weighted by atomic mass is 10.2. The maximum Gasteiger partial charge on any atom is 0.416 e. The molecule has 0 spiro atoms. The first-order valence-electron chi connectivity index (χ1n) is 8.84. The molecule has 0 heterocycles. The summed E-state index contributed by atoms with van der Waals surface area (Å²) < 4.78 is 48.1. The Morgan fingerprint density at radius 3 is 2.42 bits per heavy atom. The molecule has 0 aliphatic rings. The van der Waals surface area contributed by atoms with Gasteiger partial charge in [0.25, 0.3) is 5.91 Å². The lowest BCUT2D eigenvalue weighted by molar-refractivity contribution is -0.147. The molecular weight excluding hydrogens is 441 g/mol. The Hall–Kier alpha value is -3.27. The third kappa shape index (κ3) is 7.82. The van der Waals surface area contributed by atoms with Crippen LogP contribution < -0.4 is 15.4 Å². The number of hydrogen-bond acceptors (Lipinski definition) is 5. The summed E-state index contributed by atoms with van der Waals surface area (Å²) in [6.45, 7) is -0.572. The number of ether oxygens (including phenoxy) is 2. The minimum absolute atomic E-state index is 0.0851. The highest BCUT2D eigenvalue weighted by molar-refractivity contribution is 6.33. The molecule has 0 fully saturated rings. The maximum atomic E-state index is 12.8. The van der Waals surface area contributed by atoms with Gasteiger partial charge in [0.1, 0.15) is 5.75 Å². The summed E-state index contributed by atoms with van der Waals surface area (Å²) in [7, 11) is 1.47. The lowest BCUT2D eigenvalue weighted by Gasteiger charge is -2.11. The molecule has 2 aromatic carbocycles. The van der Waals surface area contributed by atoms with Gasteiger partial charge in [-0.1, -0.05) is 17.7 Å². The second-order valence-electron chi connectivity index (χ2n) is 6.18. The number of benzene rings is 2. The number of esters is 1. The SMILES string of the molecule is COc1cccc(NC(=O)COC(=O)CCC(=O)Nc2cc(C(F)(F)F)ccc2Cl)c1. The van der Waals surface area contributed by atoms with Gasteiger partial charge in [0.15, 0.2) is 6.61 Å². The van der Waals surface area contributed by atoms with E-state index < -0.39 is 36.1 Å². The van der Waals surface area contributed by atoms with E-state index in [1.165, 1.54) is 7.11 Å². The molecule has 0 saturated carbocycles. The van der Waals surface area contributed by atoms with Gasteiger partial charge >= 0.3 is 12.1 Å². The van der Waals surface area contributed by atoms with E-state index in [0.29, 0.717) is 17.5 Å². The largest absolute Gasteiger partial charge is 0.497 e. The molecule has 0 atom stereocenters. The van der Waals surface area contributed by atoms with Crippen LogP contribution in [0.3, 0.4) is 0 Å². The lowest BCUT2D eigenvalue weighted by Crippen LogP contribution is -2.22. The zero-order valence-electron chi connectivity index (χ0n) is 16.2. The number of nitrogens with one attached hydrogen (secondary N) is 2. The fourth-order valence-corrected chi connectivity index (χ4v) is 2.51. The van der Waals surface area contributed by atoms with Gasteiger partial charge in [-0.25, -0.2) is 0 Å². The standard InChI is InChI=1S/C20H18ClF3N2O5/c1-30-14-4-2-3-13(10-14)25-18(28)11-31-19(29)8-7-17(27)26-16-9-12(20(22,23)24)5-6-15(16)21/h2-6,9-10H,7-8,11H2,1H3,(H,25,28)(H,26,27). The molecule has 2 rings (SSSR count). The summed E-state index contributed by atoms with van der Waals surface area (Å²) in [5.41, 5.74) is -0.765. The van der Waals surface area contributed by atoms with Crippen LogP contribution in [0, 0.1) is 0 Å². The summed E-state index contributed by atoms with van der Waals surface area (Å²) in [6, 6.07) is 9.03. The van der Waals surface area contributed by atoms with E-state index in [1.54, 1.807) is 24.3 Å². The van der Waals surface area contributed by atoms with E-state index in [-0.39, 0.29) is 23.6 Å². The van der Waals surface area contributed by atoms with Gasteiger partial charge in [0.2, 0.25) is 5.91 Å². The third-order valence-electron chi connectivity index (χ3n) is 3.84. The first-order chi connectivity index (χ1) is 14.6. The Kier molecular flexibility index (Phi) is 8.26. The maximum absolute atomic E-state index is 12.8. The number of carbonyl (C=O) groups is 3. The minimum atomic E-state index is -4.60. The first kappa shape index (κ1) is 24.0. The topological polar surface area (TPSA) is 93.7 Å². The zero-order valence-corrected chi connectivity index (χ0v) is 17.0. The van der Waals surface area contributed by atoms with Gasteiger partial charge in [-0.2, -0.15) is 13.2 Å². The van der Waals surface area contributed by atoms with Crippen LogP contribution in [0.25, 0.3) is 0 Å². The Morgan fingerprint density at radius 2 is 1.74 bits per heavy atom. The molecule has 0 saturated heterocycles. The van der Waals surface area contributed by atoms with Gasteiger partial charge in [-0.3, -0.25) is 14.4 Å². The van der Waals surface area contributed by atoms with E-state index >= 15 is 0 Å². The second-order valence-corrected chi connectivity index (χ2v) is 6.59. The van der Waals surface area contributed by atoms with Crippen molar-refractivity contribution >= 4 is 40.8 Å². The highest BCUT2D eigenvalue weighted by atomic mass is 35.5. The average molecular weight is 459 g/mol. The molecule has 0 unspecified atom stereocenters. The molecule has 2 aromatic rings. The van der Waals surface area contributed by atoms with Crippen molar-refractivity contribution in [1.82, 2.24) is 0 Å². The quantitative estimate of drug-likeness (QED) is 0.576. The number of anilines is 2. The van der Waals surface area contributed by atoms with Crippen LogP contribution in [-0.2, 0) is 25.3 Å². The smallest absolute Gasteiger partial charge is 0.416 e. The van der Waals surface area contributed by atoms with Crippen molar-refractivity contribution in [1.29, 1.82) is 0 Å². The second kappa shape index (κ2) is 10.7. The highest BCUT2D eigenvalue weighted by Crippen LogP contribution is 2.33. The highest BCUT2D eigenvalue weighted by Gasteiger charge is 2.31. The van der Waals surface area contributed by atoms with Gasteiger partial charge in [0, 0.05) is 18.2 Å². The molecule has 0 aromatic heterocycles. The van der Waals surface area contributed by atoms with Crippen LogP contribution in [0.1, 0.15) is 18.4 Å². The predicted molar refractivity (Wildman–Crippen MR) is 107 cm³/mol. The van der Waals surface area contributed by atoms with Gasteiger partial charge in [-0.15, -0.1) is 0 Å². The number of hydrogen-bond donors (Lipinski definition) is 2. The van der Waals surface area contributed by atoms with Crippen molar-refractivity contribution in [3.63, 3.8) is 0 Å². The van der Waals surface area contributed by atoms with Crippen LogP contribution in [0.5, 0.6) is 5.75 Å². The van der Waals surface area contributed by atoms with Crippen LogP contribution in [0.2, 0.25) is 5.02 Å². The number of amides is 2. The molecule has 2 amide bonds. The number of methoxy groups -OCH3 is 1. The Morgan fingerprint density at radius 1 is 1.00 bits per heavy atom. The average Bonchev–Trinajstić information content (AvgIpc) is 2.71. The van der Waals surface area contributed by atoms with Crippen molar-refractivity contribution in [3.05, 3.63) is 53.1 Å². The van der Waals surface area contributed by atoms with Crippen molar-refractivity contribution in [2.24, 2.45) is 0 Å². The van der Waals surface area contributed by atoms with Gasteiger partial charge < -0.3 is 20.1 Å². The van der Waals surface area contributed by atoms with Crippen LogP contribution in [-0.4, -0.2) is 31.5 Å². The molecule has 0 aliphatic carbocycles. The van der Waals surface area contributed by atoms with Gasteiger partial charge in [0.05, 0.1) is 29.8 Å². The van der Waals surface area contributed by atoms with E-state index in [0.717, 1.165) is 12.1 Å². The van der Waals surface area contributed by atoms with Crippen molar-refractivity contribution in [2.45, 2.75) is 19.0 Å². The van der Waals surface area contributed by atoms with Crippen molar-refractivity contribution < 1.29 is 37.0 Å². The number of halogens is 4. The Balaban J connectivity index is 1.78. The molecule has 2 N–H and O–H groups in total. The van der Waals surface area contributed by atoms with E-state index in [4.69, 9.17) is 21.1 Å². The number of alkyl halides is 3. The van der Waals surface area contributed by atoms with Crippen molar-refractivity contribution in [3.8, 4) is 5.75 Å². The molecule has 166 valence electrons. The molecular formula is C20H18ClF3N2O5. The molecule has 0 radical (unpaired) electrons. The fourth-order valence-electron chi connectivity index (χ4n) is 2.34. The summed E-state index contributed by atoms with van der Waals surface area (Å²) in [4.78, 5) is 35.5. The molecule has 0 bridgehead atoms. The molecule has 7 nitrogen and oxygen atoms in total. The Bertz CT molecular complexity index is 966. The van der Waals surface area contributed by atoms with Crippen LogP contribution >= 0.6 is 11.6 Å². The monoisotopic (exact) mass is 458 g/mol. The molecule has 11 heteroatoms. The van der Waals surface area contributed by atoms with E-state index in [2.05, 4.69) is 10.6 Å². The van der Waals surface area contributed by atoms with E-state index in [9.17, 15) is 27.6 Å². The summed E-state index contributed by atoms with van der Waals surface area (Å²) >= 11 is 5.80. The van der Waals surface area contributed by atoms with Crippen LogP contribution in [0.15, 0.2) is 42.5 Å². The summed E-state index contributed by atoms with van der Waals surface area (Å²) in [5, 5.41) is 4.64. The Labute approximate surface area is 180 Å². The summed E-state index contributed by atoms with van der Waals surface area (Å²) in [5.74, 6) is -1.63. The fraction of sp³-hybridized carbons (Fsp3) is 0.250. The normalized spacial score (nSPS) is 10.9. The first-order valence-corrected chi connectivity index (χ1v) is 9.22. The zero-order chi connectivity index (χ0) is 23.0. The predicted octanol–water partition coefficient (Wildman–Crippen LogP) is 4.27. The minimum Gasteiger partial charge on any atom is -0.497 e. The molecule has 31 heavy (non-hydrogen) atoms. The van der Waals surface area contributed by atoms with Crippen molar-refractivity contribution in [2.75, 3.05) is 24.4 Å². The summed E-state index contributed by atoms with van der Waals surface area (Å²) in [6.07, 6.45) is -5.35. The third-order valence-corrected chi connectivity index (χ3v) is 4.17. The number of rotatable bonds is 8. The van der Waals surface area contributed by atoms with Gasteiger partial charge in [-0.05, 0) is 30.3 Å². The molecule has 0 aliphatic heterocycles. The van der Waals surface area contributed by atoms with Crippen LogP contribution in [0.4, 0.5) is 24.5 Å². The number of carbonyl (C=O) groups excluding carboxylic acids is 3.